The lowest BCUT2D eigenvalue weighted by molar-refractivity contribution is 0.627. The Kier molecular flexibility index (Phi) is 2.97. The van der Waals surface area contributed by atoms with Crippen molar-refractivity contribution in [3.63, 3.8) is 0 Å². The van der Waals surface area contributed by atoms with Crippen LogP contribution in [0.5, 0.6) is 0 Å². The standard InChI is InChI=1S/C11H11FN2S/c12-9-4-1-8(2-5-9)3-6-10-7-14-11(13)15-10/h1-2,4-5,7H,3,6H2,(H2,13,14). The van der Waals surface area contributed by atoms with E-state index in [0.717, 1.165) is 23.3 Å². The second-order valence-electron chi connectivity index (χ2n) is 3.29. The average molecular weight is 222 g/mol. The van der Waals surface area contributed by atoms with Crippen molar-refractivity contribution in [3.8, 4) is 0 Å². The fraction of sp³-hybridized carbons (Fsp3) is 0.182. The van der Waals surface area contributed by atoms with Gasteiger partial charge in [0.25, 0.3) is 0 Å². The lowest BCUT2D eigenvalue weighted by atomic mass is 10.1. The summed E-state index contributed by atoms with van der Waals surface area (Å²) in [6, 6.07) is 6.58. The molecule has 0 fully saturated rings. The third kappa shape index (κ3) is 2.76. The Morgan fingerprint density at radius 3 is 2.53 bits per heavy atom. The summed E-state index contributed by atoms with van der Waals surface area (Å²) in [6.07, 6.45) is 3.59. The molecule has 0 saturated heterocycles. The third-order valence-electron chi connectivity index (χ3n) is 2.14. The molecule has 0 aliphatic carbocycles. The van der Waals surface area contributed by atoms with Gasteiger partial charge in [-0.1, -0.05) is 12.1 Å². The van der Waals surface area contributed by atoms with Gasteiger partial charge in [-0.15, -0.1) is 11.3 Å². The van der Waals surface area contributed by atoms with Crippen molar-refractivity contribution in [2.75, 3.05) is 5.73 Å². The molecule has 78 valence electrons. The molecule has 0 aliphatic rings. The van der Waals surface area contributed by atoms with E-state index in [1.807, 2.05) is 0 Å². The van der Waals surface area contributed by atoms with E-state index >= 15 is 0 Å². The summed E-state index contributed by atoms with van der Waals surface area (Å²) in [4.78, 5) is 5.14. The van der Waals surface area contributed by atoms with Gasteiger partial charge in [0, 0.05) is 11.1 Å². The van der Waals surface area contributed by atoms with Crippen molar-refractivity contribution in [3.05, 3.63) is 46.7 Å². The number of anilines is 1. The first-order valence-electron chi connectivity index (χ1n) is 4.68. The van der Waals surface area contributed by atoms with Crippen molar-refractivity contribution in [1.82, 2.24) is 4.98 Å². The van der Waals surface area contributed by atoms with Gasteiger partial charge in [0.05, 0.1) is 0 Å². The van der Waals surface area contributed by atoms with Crippen LogP contribution in [-0.4, -0.2) is 4.98 Å². The van der Waals surface area contributed by atoms with Gasteiger partial charge in [0.2, 0.25) is 0 Å². The van der Waals surface area contributed by atoms with Gasteiger partial charge < -0.3 is 5.73 Å². The van der Waals surface area contributed by atoms with Crippen LogP contribution in [0.15, 0.2) is 30.5 Å². The van der Waals surface area contributed by atoms with E-state index in [-0.39, 0.29) is 5.82 Å². The number of aryl methyl sites for hydroxylation is 2. The molecule has 1 aromatic heterocycles. The monoisotopic (exact) mass is 222 g/mol. The van der Waals surface area contributed by atoms with Crippen LogP contribution in [-0.2, 0) is 12.8 Å². The molecule has 0 unspecified atom stereocenters. The number of nitrogens with zero attached hydrogens (tertiary/aromatic N) is 1. The third-order valence-corrected chi connectivity index (χ3v) is 3.03. The van der Waals surface area contributed by atoms with Crippen molar-refractivity contribution in [2.24, 2.45) is 0 Å². The van der Waals surface area contributed by atoms with Crippen LogP contribution >= 0.6 is 11.3 Å². The predicted octanol–water partition coefficient (Wildman–Crippen LogP) is 2.65. The van der Waals surface area contributed by atoms with E-state index < -0.39 is 0 Å². The Labute approximate surface area is 91.6 Å². The molecule has 2 nitrogen and oxygen atoms in total. The Balaban J connectivity index is 1.96. The maximum Gasteiger partial charge on any atom is 0.180 e. The Bertz CT molecular complexity index is 436. The minimum Gasteiger partial charge on any atom is -0.375 e. The summed E-state index contributed by atoms with van der Waals surface area (Å²) in [7, 11) is 0. The second-order valence-corrected chi connectivity index (χ2v) is 4.44. The number of nitrogen functional groups attached to an aromatic ring is 1. The van der Waals surface area contributed by atoms with Crippen molar-refractivity contribution in [2.45, 2.75) is 12.8 Å². The van der Waals surface area contributed by atoms with Gasteiger partial charge in [0.1, 0.15) is 5.82 Å². The fourth-order valence-corrected chi connectivity index (χ4v) is 2.04. The lowest BCUT2D eigenvalue weighted by Crippen LogP contribution is -1.88. The predicted molar refractivity (Wildman–Crippen MR) is 60.3 cm³/mol. The zero-order valence-electron chi connectivity index (χ0n) is 8.11. The summed E-state index contributed by atoms with van der Waals surface area (Å²) in [5, 5.41) is 0.601. The van der Waals surface area contributed by atoms with Crippen LogP contribution in [0.3, 0.4) is 0 Å². The number of halogens is 1. The smallest absolute Gasteiger partial charge is 0.180 e. The molecule has 1 aromatic carbocycles. The van der Waals surface area contributed by atoms with Crippen LogP contribution in [0.1, 0.15) is 10.4 Å². The van der Waals surface area contributed by atoms with Gasteiger partial charge >= 0.3 is 0 Å². The van der Waals surface area contributed by atoms with E-state index in [0.29, 0.717) is 5.13 Å². The number of rotatable bonds is 3. The lowest BCUT2D eigenvalue weighted by Gasteiger charge is -1.98. The Morgan fingerprint density at radius 2 is 1.93 bits per heavy atom. The molecule has 0 aliphatic heterocycles. The minimum atomic E-state index is -0.194. The van der Waals surface area contributed by atoms with Gasteiger partial charge in [0.15, 0.2) is 5.13 Å². The summed E-state index contributed by atoms with van der Waals surface area (Å²) >= 11 is 1.50. The molecule has 0 saturated carbocycles. The number of aromatic nitrogens is 1. The number of benzene rings is 1. The van der Waals surface area contributed by atoms with Crippen LogP contribution in [0, 0.1) is 5.82 Å². The molecule has 0 atom stereocenters. The van der Waals surface area contributed by atoms with Crippen LogP contribution in [0.25, 0.3) is 0 Å². The molecule has 0 amide bonds. The maximum absolute atomic E-state index is 12.6. The zero-order valence-corrected chi connectivity index (χ0v) is 8.93. The number of nitrogens with two attached hydrogens (primary N) is 1. The summed E-state index contributed by atoms with van der Waals surface area (Å²) in [5.74, 6) is -0.194. The highest BCUT2D eigenvalue weighted by Crippen LogP contribution is 2.16. The van der Waals surface area contributed by atoms with E-state index in [2.05, 4.69) is 4.98 Å². The highest BCUT2D eigenvalue weighted by Gasteiger charge is 2.00. The largest absolute Gasteiger partial charge is 0.375 e. The molecule has 0 radical (unpaired) electrons. The molecule has 15 heavy (non-hydrogen) atoms. The molecule has 4 heteroatoms. The van der Waals surface area contributed by atoms with Crippen molar-refractivity contribution >= 4 is 16.5 Å². The number of thiazole rings is 1. The first-order valence-corrected chi connectivity index (χ1v) is 5.50. The van der Waals surface area contributed by atoms with Gasteiger partial charge in [-0.05, 0) is 30.5 Å². The maximum atomic E-state index is 12.6. The summed E-state index contributed by atoms with van der Waals surface area (Å²) in [6.45, 7) is 0. The van der Waals surface area contributed by atoms with E-state index in [4.69, 9.17) is 5.73 Å². The molecule has 0 spiro atoms. The molecule has 2 N–H and O–H groups in total. The average Bonchev–Trinajstić information content (AvgIpc) is 2.64. The number of hydrogen-bond donors (Lipinski definition) is 1. The molecular formula is C11H11FN2S. The highest BCUT2D eigenvalue weighted by atomic mass is 32.1. The quantitative estimate of drug-likeness (QED) is 0.867. The topological polar surface area (TPSA) is 38.9 Å². The first-order chi connectivity index (χ1) is 7.24. The van der Waals surface area contributed by atoms with E-state index in [1.54, 1.807) is 18.3 Å². The zero-order chi connectivity index (χ0) is 10.7. The Morgan fingerprint density at radius 1 is 1.20 bits per heavy atom. The Hall–Kier alpha value is -1.42. The van der Waals surface area contributed by atoms with Crippen LogP contribution in [0.2, 0.25) is 0 Å². The fourth-order valence-electron chi connectivity index (χ4n) is 1.36. The molecule has 2 aromatic rings. The normalized spacial score (nSPS) is 10.5. The summed E-state index contributed by atoms with van der Waals surface area (Å²) < 4.78 is 12.6. The van der Waals surface area contributed by atoms with Crippen LogP contribution in [0.4, 0.5) is 9.52 Å². The SMILES string of the molecule is Nc1ncc(CCc2ccc(F)cc2)s1. The van der Waals surface area contributed by atoms with Crippen molar-refractivity contribution < 1.29 is 4.39 Å². The van der Waals surface area contributed by atoms with Gasteiger partial charge in [-0.2, -0.15) is 0 Å². The van der Waals surface area contributed by atoms with E-state index in [9.17, 15) is 4.39 Å². The molecule has 2 rings (SSSR count). The van der Waals surface area contributed by atoms with Gasteiger partial charge in [-0.3, -0.25) is 0 Å². The molecular weight excluding hydrogens is 211 g/mol. The first kappa shape index (κ1) is 10.1. The van der Waals surface area contributed by atoms with Crippen LogP contribution < -0.4 is 5.73 Å². The molecule has 1 heterocycles. The second kappa shape index (κ2) is 4.40. The minimum absolute atomic E-state index is 0.194. The van der Waals surface area contributed by atoms with Crippen molar-refractivity contribution in [1.29, 1.82) is 0 Å². The summed E-state index contributed by atoms with van der Waals surface area (Å²) in [5.41, 5.74) is 6.65. The van der Waals surface area contributed by atoms with E-state index in [1.165, 1.54) is 23.5 Å². The number of hydrogen-bond acceptors (Lipinski definition) is 3. The highest BCUT2D eigenvalue weighted by molar-refractivity contribution is 7.15. The van der Waals surface area contributed by atoms with Gasteiger partial charge in [-0.25, -0.2) is 9.37 Å². The molecule has 0 bridgehead atoms.